The summed E-state index contributed by atoms with van der Waals surface area (Å²) < 4.78 is 36.1. The molecule has 3 rings (SSSR count). The van der Waals surface area contributed by atoms with E-state index in [1.807, 2.05) is 0 Å². The third-order valence-corrected chi connectivity index (χ3v) is 4.43. The van der Waals surface area contributed by atoms with Crippen molar-refractivity contribution in [2.24, 2.45) is 0 Å². The molecular formula is C17H17ClN2O5S. The minimum absolute atomic E-state index is 0.279. The van der Waals surface area contributed by atoms with E-state index < -0.39 is 15.9 Å². The Balaban J connectivity index is 1.82. The first kappa shape index (κ1) is 18.3. The predicted octanol–water partition coefficient (Wildman–Crippen LogP) is 3.13. The molecule has 1 aliphatic heterocycles. The first-order valence-corrected chi connectivity index (χ1v) is 10.1. The summed E-state index contributed by atoms with van der Waals surface area (Å²) in [6.45, 7) is 1.05. The fourth-order valence-corrected chi connectivity index (χ4v) is 3.17. The van der Waals surface area contributed by atoms with Crippen molar-refractivity contribution in [1.82, 2.24) is 0 Å². The molecule has 0 saturated heterocycles. The summed E-state index contributed by atoms with van der Waals surface area (Å²) in [4.78, 5) is 12.5. The van der Waals surface area contributed by atoms with Crippen molar-refractivity contribution < 1.29 is 22.7 Å². The number of hydrogen-bond donors (Lipinski definition) is 2. The summed E-state index contributed by atoms with van der Waals surface area (Å²) in [5, 5.41) is 3.02. The molecule has 9 heteroatoms. The molecule has 0 bridgehead atoms. The minimum Gasteiger partial charge on any atom is -0.490 e. The summed E-state index contributed by atoms with van der Waals surface area (Å²) >= 11 is 6.22. The number of halogens is 1. The van der Waals surface area contributed by atoms with Gasteiger partial charge in [0.05, 0.1) is 30.2 Å². The van der Waals surface area contributed by atoms with Crippen molar-refractivity contribution in [2.75, 3.05) is 29.5 Å². The number of benzene rings is 2. The fraction of sp³-hybridized carbons (Fsp3) is 0.235. The van der Waals surface area contributed by atoms with Gasteiger partial charge in [0.15, 0.2) is 11.5 Å². The zero-order valence-corrected chi connectivity index (χ0v) is 15.5. The number of nitrogens with one attached hydrogen (secondary N) is 2. The van der Waals surface area contributed by atoms with Gasteiger partial charge in [-0.15, -0.1) is 0 Å². The first-order chi connectivity index (χ1) is 12.3. The van der Waals surface area contributed by atoms with Crippen LogP contribution in [0.1, 0.15) is 16.8 Å². The molecule has 7 nitrogen and oxygen atoms in total. The zero-order chi connectivity index (χ0) is 18.7. The van der Waals surface area contributed by atoms with Crippen molar-refractivity contribution in [3.8, 4) is 11.5 Å². The van der Waals surface area contributed by atoms with E-state index in [-0.39, 0.29) is 5.56 Å². The predicted molar refractivity (Wildman–Crippen MR) is 99.9 cm³/mol. The molecular weight excluding hydrogens is 380 g/mol. The molecule has 2 aromatic carbocycles. The number of sulfonamides is 1. The highest BCUT2D eigenvalue weighted by molar-refractivity contribution is 7.92. The molecule has 0 atom stereocenters. The van der Waals surface area contributed by atoms with Crippen LogP contribution in [0.5, 0.6) is 11.5 Å². The van der Waals surface area contributed by atoms with Gasteiger partial charge in [-0.2, -0.15) is 0 Å². The Morgan fingerprint density at radius 3 is 2.50 bits per heavy atom. The van der Waals surface area contributed by atoms with Crippen molar-refractivity contribution >= 4 is 38.9 Å². The van der Waals surface area contributed by atoms with E-state index in [9.17, 15) is 13.2 Å². The molecule has 0 aliphatic carbocycles. The smallest absolute Gasteiger partial charge is 0.255 e. The van der Waals surface area contributed by atoms with E-state index in [1.54, 1.807) is 30.3 Å². The number of anilines is 2. The maximum absolute atomic E-state index is 12.5. The largest absolute Gasteiger partial charge is 0.490 e. The fourth-order valence-electron chi connectivity index (χ4n) is 2.41. The van der Waals surface area contributed by atoms with Gasteiger partial charge in [-0.25, -0.2) is 8.42 Å². The van der Waals surface area contributed by atoms with Crippen molar-refractivity contribution in [3.05, 3.63) is 47.0 Å². The van der Waals surface area contributed by atoms with Crippen LogP contribution in [0.25, 0.3) is 0 Å². The Hall–Kier alpha value is -2.45. The number of rotatable bonds is 4. The number of carbonyl (C=O) groups excluding carboxylic acids is 1. The third-order valence-electron chi connectivity index (χ3n) is 3.51. The molecule has 1 amide bonds. The number of ether oxygens (including phenoxy) is 2. The zero-order valence-electron chi connectivity index (χ0n) is 13.9. The van der Waals surface area contributed by atoms with Crippen molar-refractivity contribution in [1.29, 1.82) is 0 Å². The van der Waals surface area contributed by atoms with Gasteiger partial charge in [-0.3, -0.25) is 9.52 Å². The van der Waals surface area contributed by atoms with Gasteiger partial charge in [-0.1, -0.05) is 17.7 Å². The lowest BCUT2D eigenvalue weighted by atomic mass is 10.2. The van der Waals surface area contributed by atoms with Gasteiger partial charge in [0, 0.05) is 29.8 Å². The molecule has 0 aromatic heterocycles. The quantitative estimate of drug-likeness (QED) is 0.828. The molecule has 26 heavy (non-hydrogen) atoms. The van der Waals surface area contributed by atoms with Gasteiger partial charge in [-0.05, 0) is 18.2 Å². The Kier molecular flexibility index (Phi) is 5.24. The van der Waals surface area contributed by atoms with Crippen LogP contribution in [-0.4, -0.2) is 33.8 Å². The summed E-state index contributed by atoms with van der Waals surface area (Å²) in [7, 11) is -3.43. The Labute approximate surface area is 156 Å². The topological polar surface area (TPSA) is 93.7 Å². The third kappa shape index (κ3) is 4.59. The summed E-state index contributed by atoms with van der Waals surface area (Å²) in [5.41, 5.74) is 0.953. The molecule has 0 spiro atoms. The normalized spacial score (nSPS) is 13.6. The lowest BCUT2D eigenvalue weighted by Crippen LogP contribution is -2.14. The van der Waals surface area contributed by atoms with Gasteiger partial charge in [0.1, 0.15) is 0 Å². The Bertz CT molecular complexity index is 946. The second-order valence-corrected chi connectivity index (χ2v) is 7.89. The lowest BCUT2D eigenvalue weighted by Gasteiger charge is -2.13. The highest BCUT2D eigenvalue weighted by Crippen LogP contribution is 2.37. The molecule has 0 unspecified atom stereocenters. The standard InChI is InChI=1S/C17H17ClN2O5S/c1-26(22,23)20-12-5-2-4-11(8-12)17(21)19-14-10-16-15(9-13(14)18)24-6-3-7-25-16/h2,4-5,8-10,20H,3,6-7H2,1H3,(H,19,21). The number of amides is 1. The van der Waals surface area contributed by atoms with E-state index in [2.05, 4.69) is 10.0 Å². The molecule has 2 aromatic rings. The maximum Gasteiger partial charge on any atom is 0.255 e. The molecule has 0 radical (unpaired) electrons. The van der Waals surface area contributed by atoms with Gasteiger partial charge in [0.25, 0.3) is 5.91 Å². The van der Waals surface area contributed by atoms with Crippen LogP contribution in [-0.2, 0) is 10.0 Å². The van der Waals surface area contributed by atoms with Gasteiger partial charge in [0.2, 0.25) is 10.0 Å². The highest BCUT2D eigenvalue weighted by atomic mass is 35.5. The van der Waals surface area contributed by atoms with Crippen LogP contribution >= 0.6 is 11.6 Å². The molecule has 1 aliphatic rings. The van der Waals surface area contributed by atoms with Crippen LogP contribution in [0, 0.1) is 0 Å². The van der Waals surface area contributed by atoms with E-state index in [0.717, 1.165) is 12.7 Å². The monoisotopic (exact) mass is 396 g/mol. The first-order valence-electron chi connectivity index (χ1n) is 7.80. The van der Waals surface area contributed by atoms with Crippen molar-refractivity contribution in [2.45, 2.75) is 6.42 Å². The van der Waals surface area contributed by atoms with Crippen LogP contribution < -0.4 is 19.5 Å². The maximum atomic E-state index is 12.5. The van der Waals surface area contributed by atoms with Crippen molar-refractivity contribution in [3.63, 3.8) is 0 Å². The summed E-state index contributed by atoms with van der Waals surface area (Å²) in [5.74, 6) is 0.609. The van der Waals surface area contributed by atoms with Crippen LogP contribution in [0.3, 0.4) is 0 Å². The SMILES string of the molecule is CS(=O)(=O)Nc1cccc(C(=O)Nc2cc3c(cc2Cl)OCCCO3)c1. The van der Waals surface area contributed by atoms with Crippen LogP contribution in [0.4, 0.5) is 11.4 Å². The second-order valence-electron chi connectivity index (χ2n) is 5.74. The second kappa shape index (κ2) is 7.43. The van der Waals surface area contributed by atoms with E-state index in [0.29, 0.717) is 41.1 Å². The van der Waals surface area contributed by atoms with E-state index in [4.69, 9.17) is 21.1 Å². The number of carbonyl (C=O) groups is 1. The Morgan fingerprint density at radius 2 is 1.81 bits per heavy atom. The van der Waals surface area contributed by atoms with Crippen LogP contribution in [0.15, 0.2) is 36.4 Å². The van der Waals surface area contributed by atoms with Crippen LogP contribution in [0.2, 0.25) is 5.02 Å². The average molecular weight is 397 g/mol. The molecule has 138 valence electrons. The van der Waals surface area contributed by atoms with Gasteiger partial charge < -0.3 is 14.8 Å². The minimum atomic E-state index is -3.43. The van der Waals surface area contributed by atoms with Gasteiger partial charge >= 0.3 is 0 Å². The lowest BCUT2D eigenvalue weighted by molar-refractivity contribution is 0.102. The van der Waals surface area contributed by atoms with E-state index in [1.165, 1.54) is 6.07 Å². The molecule has 1 heterocycles. The average Bonchev–Trinajstić information content (AvgIpc) is 2.78. The number of fused-ring (bicyclic) bond motifs is 1. The summed E-state index contributed by atoms with van der Waals surface area (Å²) in [6, 6.07) is 9.35. The van der Waals surface area contributed by atoms with E-state index >= 15 is 0 Å². The molecule has 0 fully saturated rings. The number of hydrogen-bond acceptors (Lipinski definition) is 5. The summed E-state index contributed by atoms with van der Waals surface area (Å²) in [6.07, 6.45) is 1.80. The highest BCUT2D eigenvalue weighted by Gasteiger charge is 2.16. The molecule has 2 N–H and O–H groups in total. The molecule has 0 saturated carbocycles. The Morgan fingerprint density at radius 1 is 1.12 bits per heavy atom.